The van der Waals surface area contributed by atoms with Gasteiger partial charge in [0.15, 0.2) is 11.7 Å². The van der Waals surface area contributed by atoms with Crippen molar-refractivity contribution >= 4 is 43.4 Å². The van der Waals surface area contributed by atoms with Crippen molar-refractivity contribution in [3.05, 3.63) is 65.7 Å². The van der Waals surface area contributed by atoms with E-state index < -0.39 is 0 Å². The fraction of sp³-hybridized carbons (Fsp3) is 0.143. The molecule has 1 amide bonds. The molecule has 1 aromatic heterocycles. The molecule has 130 valence electrons. The van der Waals surface area contributed by atoms with Gasteiger partial charge in [0.05, 0.1) is 10.2 Å². The van der Waals surface area contributed by atoms with Crippen molar-refractivity contribution in [2.24, 2.45) is 0 Å². The third-order valence-electron chi connectivity index (χ3n) is 4.28. The molecular formula is C21H18N2O2S. The van der Waals surface area contributed by atoms with Crippen LogP contribution in [0.1, 0.15) is 11.1 Å². The highest BCUT2D eigenvalue weighted by Gasteiger charge is 2.11. The molecule has 4 rings (SSSR count). The van der Waals surface area contributed by atoms with Gasteiger partial charge in [-0.15, -0.1) is 0 Å². The van der Waals surface area contributed by atoms with E-state index in [0.29, 0.717) is 10.9 Å². The smallest absolute Gasteiger partial charge is 0.264 e. The van der Waals surface area contributed by atoms with Crippen LogP contribution in [0.3, 0.4) is 0 Å². The predicted octanol–water partition coefficient (Wildman–Crippen LogP) is 5.08. The van der Waals surface area contributed by atoms with E-state index in [2.05, 4.69) is 16.4 Å². The molecule has 26 heavy (non-hydrogen) atoms. The van der Waals surface area contributed by atoms with Gasteiger partial charge < -0.3 is 4.74 Å². The molecule has 4 aromatic rings. The quantitative estimate of drug-likeness (QED) is 0.550. The van der Waals surface area contributed by atoms with Crippen molar-refractivity contribution in [1.82, 2.24) is 4.98 Å². The molecular weight excluding hydrogens is 344 g/mol. The Morgan fingerprint density at radius 2 is 1.81 bits per heavy atom. The van der Waals surface area contributed by atoms with E-state index in [1.807, 2.05) is 62.4 Å². The molecule has 0 saturated carbocycles. The van der Waals surface area contributed by atoms with Gasteiger partial charge in [0.25, 0.3) is 5.91 Å². The van der Waals surface area contributed by atoms with Crippen LogP contribution >= 0.6 is 11.3 Å². The van der Waals surface area contributed by atoms with Crippen molar-refractivity contribution in [2.75, 3.05) is 11.9 Å². The van der Waals surface area contributed by atoms with Crippen LogP contribution in [0.5, 0.6) is 5.75 Å². The second-order valence-corrected chi connectivity index (χ2v) is 7.24. The highest BCUT2D eigenvalue weighted by molar-refractivity contribution is 7.22. The van der Waals surface area contributed by atoms with Crippen molar-refractivity contribution in [2.45, 2.75) is 13.8 Å². The first-order valence-electron chi connectivity index (χ1n) is 8.38. The van der Waals surface area contributed by atoms with Crippen LogP contribution in [0.25, 0.3) is 21.0 Å². The molecule has 0 aliphatic heterocycles. The van der Waals surface area contributed by atoms with Gasteiger partial charge in [0.1, 0.15) is 5.75 Å². The number of benzene rings is 3. The summed E-state index contributed by atoms with van der Waals surface area (Å²) in [6, 6.07) is 18.0. The van der Waals surface area contributed by atoms with Gasteiger partial charge in [0.2, 0.25) is 0 Å². The Kier molecular flexibility index (Phi) is 4.31. The van der Waals surface area contributed by atoms with E-state index in [1.165, 1.54) is 11.3 Å². The summed E-state index contributed by atoms with van der Waals surface area (Å²) >= 11 is 1.49. The van der Waals surface area contributed by atoms with E-state index in [-0.39, 0.29) is 12.5 Å². The van der Waals surface area contributed by atoms with Crippen LogP contribution in [0.4, 0.5) is 5.13 Å². The zero-order valence-corrected chi connectivity index (χ0v) is 15.4. The first-order chi connectivity index (χ1) is 12.6. The fourth-order valence-electron chi connectivity index (χ4n) is 2.87. The molecule has 5 heteroatoms. The van der Waals surface area contributed by atoms with Gasteiger partial charge >= 0.3 is 0 Å². The number of carbonyl (C=O) groups is 1. The van der Waals surface area contributed by atoms with Gasteiger partial charge in [-0.3, -0.25) is 10.1 Å². The lowest BCUT2D eigenvalue weighted by molar-refractivity contribution is -0.118. The molecule has 1 N–H and O–H groups in total. The van der Waals surface area contributed by atoms with E-state index in [1.54, 1.807) is 0 Å². The zero-order chi connectivity index (χ0) is 18.1. The first kappa shape index (κ1) is 16.5. The van der Waals surface area contributed by atoms with Crippen LogP contribution in [0.15, 0.2) is 54.6 Å². The Hall–Kier alpha value is -2.92. The third-order valence-corrected chi connectivity index (χ3v) is 5.39. The largest absolute Gasteiger partial charge is 0.484 e. The molecule has 0 spiro atoms. The summed E-state index contributed by atoms with van der Waals surface area (Å²) < 4.78 is 6.74. The lowest BCUT2D eigenvalue weighted by Gasteiger charge is -2.07. The highest BCUT2D eigenvalue weighted by Crippen LogP contribution is 2.30. The van der Waals surface area contributed by atoms with Crippen molar-refractivity contribution in [3.8, 4) is 5.75 Å². The molecule has 0 saturated heterocycles. The second-order valence-electron chi connectivity index (χ2n) is 6.24. The molecule has 1 heterocycles. The first-order valence-corrected chi connectivity index (χ1v) is 9.20. The van der Waals surface area contributed by atoms with Gasteiger partial charge in [-0.05, 0) is 47.9 Å². The highest BCUT2D eigenvalue weighted by atomic mass is 32.1. The lowest BCUT2D eigenvalue weighted by atomic mass is 10.1. The Morgan fingerprint density at radius 3 is 2.62 bits per heavy atom. The summed E-state index contributed by atoms with van der Waals surface area (Å²) in [4.78, 5) is 16.8. The minimum absolute atomic E-state index is 0.0494. The minimum Gasteiger partial charge on any atom is -0.484 e. The van der Waals surface area contributed by atoms with E-state index in [4.69, 9.17) is 4.74 Å². The molecule has 3 aromatic carbocycles. The maximum absolute atomic E-state index is 12.2. The van der Waals surface area contributed by atoms with Crippen LogP contribution in [-0.4, -0.2) is 17.5 Å². The summed E-state index contributed by atoms with van der Waals surface area (Å²) in [5.74, 6) is 0.461. The van der Waals surface area contributed by atoms with Gasteiger partial charge in [-0.1, -0.05) is 53.8 Å². The third kappa shape index (κ3) is 3.26. The van der Waals surface area contributed by atoms with Crippen LogP contribution in [0, 0.1) is 13.8 Å². The molecule has 4 nitrogen and oxygen atoms in total. The number of fused-ring (bicyclic) bond motifs is 2. The van der Waals surface area contributed by atoms with Gasteiger partial charge in [-0.25, -0.2) is 4.98 Å². The molecule has 0 fully saturated rings. The van der Waals surface area contributed by atoms with Crippen LogP contribution in [-0.2, 0) is 4.79 Å². The number of aryl methyl sites for hydroxylation is 2. The summed E-state index contributed by atoms with van der Waals surface area (Å²) in [5, 5.41) is 5.67. The van der Waals surface area contributed by atoms with E-state index in [9.17, 15) is 4.79 Å². The topological polar surface area (TPSA) is 51.2 Å². The Labute approximate surface area is 155 Å². The van der Waals surface area contributed by atoms with Crippen LogP contribution in [0.2, 0.25) is 0 Å². The number of rotatable bonds is 4. The Bertz CT molecular complexity index is 1080. The predicted molar refractivity (Wildman–Crippen MR) is 107 cm³/mol. The maximum Gasteiger partial charge on any atom is 0.264 e. The van der Waals surface area contributed by atoms with Crippen molar-refractivity contribution < 1.29 is 9.53 Å². The molecule has 0 radical (unpaired) electrons. The summed E-state index contributed by atoms with van der Waals surface area (Å²) in [6.45, 7) is 4.02. The molecule has 0 aliphatic carbocycles. The molecule has 0 bridgehead atoms. The van der Waals surface area contributed by atoms with E-state index >= 15 is 0 Å². The Morgan fingerprint density at radius 1 is 1.04 bits per heavy atom. The normalized spacial score (nSPS) is 11.0. The monoisotopic (exact) mass is 362 g/mol. The second kappa shape index (κ2) is 6.77. The minimum atomic E-state index is -0.215. The number of hydrogen-bond donors (Lipinski definition) is 1. The SMILES string of the molecule is Cc1ccc(C)c2sc(NC(=O)COc3ccc4ccccc4c3)nc12. The summed E-state index contributed by atoms with van der Waals surface area (Å²) in [5.41, 5.74) is 3.21. The maximum atomic E-state index is 12.2. The number of anilines is 1. The number of nitrogens with one attached hydrogen (secondary N) is 1. The standard InChI is InChI=1S/C21H18N2O2S/c1-13-7-8-14(2)20-19(13)23-21(26-20)22-18(24)12-25-17-10-9-15-5-3-4-6-16(15)11-17/h3-11H,12H2,1-2H3,(H,22,23,24). The van der Waals surface area contributed by atoms with Gasteiger partial charge in [0, 0.05) is 0 Å². The summed E-state index contributed by atoms with van der Waals surface area (Å²) in [6.07, 6.45) is 0. The van der Waals surface area contributed by atoms with E-state index in [0.717, 1.165) is 32.1 Å². The fourth-order valence-corrected chi connectivity index (χ4v) is 3.90. The number of aromatic nitrogens is 1. The Balaban J connectivity index is 1.45. The summed E-state index contributed by atoms with van der Waals surface area (Å²) in [7, 11) is 0. The lowest BCUT2D eigenvalue weighted by Crippen LogP contribution is -2.19. The van der Waals surface area contributed by atoms with Crippen molar-refractivity contribution in [3.63, 3.8) is 0 Å². The number of thiazole rings is 1. The molecule has 0 atom stereocenters. The number of carbonyl (C=O) groups excluding carboxylic acids is 1. The number of ether oxygens (including phenoxy) is 1. The zero-order valence-electron chi connectivity index (χ0n) is 14.6. The average Bonchev–Trinajstić information content (AvgIpc) is 3.08. The number of hydrogen-bond acceptors (Lipinski definition) is 4. The van der Waals surface area contributed by atoms with Gasteiger partial charge in [-0.2, -0.15) is 0 Å². The van der Waals surface area contributed by atoms with Crippen LogP contribution < -0.4 is 10.1 Å². The number of nitrogens with zero attached hydrogens (tertiary/aromatic N) is 1. The number of amides is 1. The molecule has 0 unspecified atom stereocenters. The molecule has 0 aliphatic rings. The van der Waals surface area contributed by atoms with Crippen molar-refractivity contribution in [1.29, 1.82) is 0 Å². The average molecular weight is 362 g/mol.